The van der Waals surface area contributed by atoms with Gasteiger partial charge >= 0.3 is 11.9 Å². The zero-order valence-electron chi connectivity index (χ0n) is 14.9. The Morgan fingerprint density at radius 1 is 1.16 bits per heavy atom. The van der Waals surface area contributed by atoms with E-state index in [9.17, 15) is 14.7 Å². The number of aliphatic hydroxyl groups is 1. The second-order valence-electron chi connectivity index (χ2n) is 5.49. The van der Waals surface area contributed by atoms with Crippen LogP contribution in [0.5, 0.6) is 0 Å². The maximum absolute atomic E-state index is 12.6. The van der Waals surface area contributed by atoms with Gasteiger partial charge < -0.3 is 19.1 Å². The van der Waals surface area contributed by atoms with Gasteiger partial charge in [-0.05, 0) is 32.9 Å². The van der Waals surface area contributed by atoms with Crippen LogP contribution in [0.25, 0.3) is 17.0 Å². The number of benzene rings is 1. The summed E-state index contributed by atoms with van der Waals surface area (Å²) in [5.74, 6) is -2.09. The first-order valence-corrected chi connectivity index (χ1v) is 8.20. The molecular weight excluding hydrogens is 322 g/mol. The van der Waals surface area contributed by atoms with Crippen molar-refractivity contribution in [3.8, 4) is 0 Å². The van der Waals surface area contributed by atoms with E-state index in [2.05, 4.69) is 0 Å². The summed E-state index contributed by atoms with van der Waals surface area (Å²) < 4.78 is 11.8. The number of allylic oxidation sites excluding steroid dienone is 1. The molecule has 25 heavy (non-hydrogen) atoms. The Balaban J connectivity index is 2.87. The second-order valence-corrected chi connectivity index (χ2v) is 5.49. The molecule has 0 atom stereocenters. The number of esters is 2. The number of para-hydroxylation sites is 1. The Bertz CT molecular complexity index is 801. The molecule has 0 unspecified atom stereocenters. The summed E-state index contributed by atoms with van der Waals surface area (Å²) in [5.41, 5.74) is -1.06. The number of hydrogen-bond acceptors (Lipinski definition) is 5. The molecule has 0 fully saturated rings. The second kappa shape index (κ2) is 7.53. The fraction of sp³-hybridized carbons (Fsp3) is 0.368. The summed E-state index contributed by atoms with van der Waals surface area (Å²) in [6.07, 6.45) is 3.51. The quantitative estimate of drug-likeness (QED) is 0.643. The third-order valence-corrected chi connectivity index (χ3v) is 3.98. The topological polar surface area (TPSA) is 77.8 Å². The van der Waals surface area contributed by atoms with Crippen LogP contribution in [0.2, 0.25) is 0 Å². The van der Waals surface area contributed by atoms with Gasteiger partial charge in [0.2, 0.25) is 0 Å². The van der Waals surface area contributed by atoms with E-state index in [0.717, 1.165) is 5.52 Å². The molecule has 0 amide bonds. The Labute approximate surface area is 146 Å². The summed E-state index contributed by atoms with van der Waals surface area (Å²) in [7, 11) is 1.80. The molecule has 1 N–H and O–H groups in total. The normalized spacial score (nSPS) is 11.9. The lowest BCUT2D eigenvalue weighted by Gasteiger charge is -2.24. The SMILES string of the molecule is C/C=C/c1c(C(O)(C(=O)OCC)C(=O)OCC)c2ccccc2n1C. The van der Waals surface area contributed by atoms with E-state index < -0.39 is 17.5 Å². The minimum absolute atomic E-state index is 0.0320. The Morgan fingerprint density at radius 2 is 1.72 bits per heavy atom. The number of carbonyl (C=O) groups is 2. The molecule has 2 rings (SSSR count). The molecule has 0 aliphatic rings. The van der Waals surface area contributed by atoms with Crippen molar-refractivity contribution in [2.45, 2.75) is 26.4 Å². The highest BCUT2D eigenvalue weighted by Crippen LogP contribution is 2.37. The molecule has 0 bridgehead atoms. The number of rotatable bonds is 6. The fourth-order valence-corrected chi connectivity index (χ4v) is 2.90. The standard InChI is InChI=1S/C19H23NO5/c1-5-10-15-16(13-11-8-9-12-14(13)20(15)4)19(23,17(21)24-6-2)18(22)25-7-3/h5,8-12,23H,6-7H2,1-4H3/b10-5+. The van der Waals surface area contributed by atoms with Gasteiger partial charge in [-0.3, -0.25) is 0 Å². The highest BCUT2D eigenvalue weighted by molar-refractivity contribution is 6.09. The van der Waals surface area contributed by atoms with Gasteiger partial charge in [0.25, 0.3) is 5.60 Å². The summed E-state index contributed by atoms with van der Waals surface area (Å²) in [6.45, 7) is 5.10. The van der Waals surface area contributed by atoms with Gasteiger partial charge in [0, 0.05) is 29.2 Å². The molecule has 0 spiro atoms. The van der Waals surface area contributed by atoms with Crippen molar-refractivity contribution in [2.75, 3.05) is 13.2 Å². The van der Waals surface area contributed by atoms with Crippen molar-refractivity contribution in [3.05, 3.63) is 41.6 Å². The third kappa shape index (κ3) is 3.05. The largest absolute Gasteiger partial charge is 0.463 e. The Kier molecular flexibility index (Phi) is 5.64. The molecule has 0 aliphatic heterocycles. The van der Waals surface area contributed by atoms with Gasteiger partial charge in [-0.2, -0.15) is 0 Å². The lowest BCUT2D eigenvalue weighted by atomic mass is 9.90. The lowest BCUT2D eigenvalue weighted by molar-refractivity contribution is -0.184. The van der Waals surface area contributed by atoms with Crippen molar-refractivity contribution < 1.29 is 24.2 Å². The predicted octanol–water partition coefficient (Wildman–Crippen LogP) is 2.53. The van der Waals surface area contributed by atoms with Crippen molar-refractivity contribution in [3.63, 3.8) is 0 Å². The van der Waals surface area contributed by atoms with E-state index in [1.54, 1.807) is 45.2 Å². The summed E-state index contributed by atoms with van der Waals surface area (Å²) in [6, 6.07) is 7.23. The number of aryl methyl sites for hydroxylation is 1. The molecule has 0 saturated heterocycles. The smallest absolute Gasteiger partial charge is 0.355 e. The average Bonchev–Trinajstić information content (AvgIpc) is 2.88. The molecule has 0 aliphatic carbocycles. The molecule has 0 saturated carbocycles. The Hall–Kier alpha value is -2.60. The number of aromatic nitrogens is 1. The fourth-order valence-electron chi connectivity index (χ4n) is 2.90. The maximum Gasteiger partial charge on any atom is 0.355 e. The van der Waals surface area contributed by atoms with Crippen LogP contribution in [-0.2, 0) is 31.7 Å². The first-order valence-electron chi connectivity index (χ1n) is 8.20. The van der Waals surface area contributed by atoms with Crippen LogP contribution in [0.1, 0.15) is 32.0 Å². The predicted molar refractivity (Wildman–Crippen MR) is 94.8 cm³/mol. The number of carbonyl (C=O) groups excluding carboxylic acids is 2. The average molecular weight is 345 g/mol. The molecule has 6 heteroatoms. The summed E-state index contributed by atoms with van der Waals surface area (Å²) >= 11 is 0. The van der Waals surface area contributed by atoms with Crippen molar-refractivity contribution in [1.82, 2.24) is 4.57 Å². The van der Waals surface area contributed by atoms with Crippen LogP contribution < -0.4 is 0 Å². The number of hydrogen-bond donors (Lipinski definition) is 1. The van der Waals surface area contributed by atoms with Crippen LogP contribution >= 0.6 is 0 Å². The first kappa shape index (κ1) is 18.7. The summed E-state index contributed by atoms with van der Waals surface area (Å²) in [4.78, 5) is 25.2. The van der Waals surface area contributed by atoms with Gasteiger partial charge in [0.05, 0.1) is 13.2 Å². The van der Waals surface area contributed by atoms with Crippen LogP contribution in [0, 0.1) is 0 Å². The highest BCUT2D eigenvalue weighted by atomic mass is 16.6. The van der Waals surface area contributed by atoms with Crippen LogP contribution in [0.4, 0.5) is 0 Å². The zero-order valence-corrected chi connectivity index (χ0v) is 14.9. The van der Waals surface area contributed by atoms with Crippen LogP contribution in [-0.4, -0.2) is 34.8 Å². The van der Waals surface area contributed by atoms with Gasteiger partial charge in [0.1, 0.15) is 0 Å². The number of nitrogens with zero attached hydrogens (tertiary/aromatic N) is 1. The van der Waals surface area contributed by atoms with E-state index in [0.29, 0.717) is 11.1 Å². The molecule has 134 valence electrons. The molecule has 0 radical (unpaired) electrons. The van der Waals surface area contributed by atoms with E-state index >= 15 is 0 Å². The van der Waals surface area contributed by atoms with E-state index in [4.69, 9.17) is 9.47 Å². The zero-order chi connectivity index (χ0) is 18.6. The Morgan fingerprint density at radius 3 is 2.24 bits per heavy atom. The van der Waals surface area contributed by atoms with Gasteiger partial charge in [0.15, 0.2) is 0 Å². The van der Waals surface area contributed by atoms with E-state index in [-0.39, 0.29) is 18.8 Å². The minimum atomic E-state index is -2.54. The minimum Gasteiger partial charge on any atom is -0.463 e. The van der Waals surface area contributed by atoms with Crippen LogP contribution in [0.3, 0.4) is 0 Å². The number of ether oxygens (including phenoxy) is 2. The number of fused-ring (bicyclic) bond motifs is 1. The van der Waals surface area contributed by atoms with Crippen molar-refractivity contribution >= 4 is 28.9 Å². The molecule has 6 nitrogen and oxygen atoms in total. The summed E-state index contributed by atoms with van der Waals surface area (Å²) in [5, 5.41) is 11.8. The van der Waals surface area contributed by atoms with E-state index in [1.165, 1.54) is 0 Å². The first-order chi connectivity index (χ1) is 11.9. The molecule has 1 heterocycles. The van der Waals surface area contributed by atoms with E-state index in [1.807, 2.05) is 23.6 Å². The van der Waals surface area contributed by atoms with Gasteiger partial charge in [-0.15, -0.1) is 0 Å². The van der Waals surface area contributed by atoms with Gasteiger partial charge in [-0.1, -0.05) is 24.3 Å². The lowest BCUT2D eigenvalue weighted by Crippen LogP contribution is -2.46. The maximum atomic E-state index is 12.6. The monoisotopic (exact) mass is 345 g/mol. The van der Waals surface area contributed by atoms with Crippen molar-refractivity contribution in [1.29, 1.82) is 0 Å². The molecule has 2 aromatic rings. The van der Waals surface area contributed by atoms with Crippen molar-refractivity contribution in [2.24, 2.45) is 7.05 Å². The molecule has 1 aromatic heterocycles. The highest BCUT2D eigenvalue weighted by Gasteiger charge is 2.52. The molecular formula is C19H23NO5. The molecule has 1 aromatic carbocycles. The van der Waals surface area contributed by atoms with Gasteiger partial charge in [-0.25, -0.2) is 9.59 Å². The van der Waals surface area contributed by atoms with Crippen LogP contribution in [0.15, 0.2) is 30.3 Å². The third-order valence-electron chi connectivity index (χ3n) is 3.98.